The normalized spacial score (nSPS) is 16.4. The molecule has 0 spiro atoms. The number of hydrogen-bond donors (Lipinski definition) is 1. The highest BCUT2D eigenvalue weighted by molar-refractivity contribution is 5.89. The summed E-state index contributed by atoms with van der Waals surface area (Å²) < 4.78 is 10.4. The van der Waals surface area contributed by atoms with Gasteiger partial charge in [0.25, 0.3) is 5.09 Å². The Morgan fingerprint density at radius 3 is 2.55 bits per heavy atom. The molecule has 1 N–H and O–H groups in total. The van der Waals surface area contributed by atoms with Crippen molar-refractivity contribution in [3.05, 3.63) is 50.9 Å². The van der Waals surface area contributed by atoms with E-state index in [1.54, 1.807) is 0 Å². The quantitative estimate of drug-likeness (QED) is 0.0965. The second-order valence-electron chi connectivity index (χ2n) is 8.89. The summed E-state index contributed by atoms with van der Waals surface area (Å²) in [4.78, 5) is 65.3. The number of ether oxygens (including phenoxy) is 2. The fourth-order valence-corrected chi connectivity index (χ4v) is 4.27. The largest absolute Gasteiger partial charge is 0.462 e. The molecule has 0 bridgehead atoms. The molecule has 3 atom stereocenters. The number of carbonyl (C=O) groups is 3. The van der Waals surface area contributed by atoms with Gasteiger partial charge in [0.15, 0.2) is 0 Å². The molecule has 1 aliphatic heterocycles. The third-order valence-electron chi connectivity index (χ3n) is 6.20. The maximum Gasteiger partial charge on any atom is 0.328 e. The van der Waals surface area contributed by atoms with Gasteiger partial charge in [0.2, 0.25) is 5.91 Å². The van der Waals surface area contributed by atoms with Gasteiger partial charge in [-0.25, -0.2) is 4.79 Å². The van der Waals surface area contributed by atoms with Crippen LogP contribution in [-0.2, 0) is 35.1 Å². The number of carbonyl (C=O) groups excluding carboxylic acids is 3. The molecule has 13 heteroatoms. The summed E-state index contributed by atoms with van der Waals surface area (Å²) in [6, 6.07) is 7.03. The van der Waals surface area contributed by atoms with Gasteiger partial charge < -0.3 is 19.2 Å². The van der Waals surface area contributed by atoms with Gasteiger partial charge in [0.1, 0.15) is 19.3 Å². The van der Waals surface area contributed by atoms with Crippen molar-refractivity contribution < 1.29 is 33.8 Å². The first-order valence-corrected chi connectivity index (χ1v) is 12.9. The van der Waals surface area contributed by atoms with E-state index >= 15 is 0 Å². The number of likely N-dealkylation sites (tertiary alicyclic amines) is 1. The van der Waals surface area contributed by atoms with Gasteiger partial charge in [-0.1, -0.05) is 50.1 Å². The lowest BCUT2D eigenvalue weighted by Gasteiger charge is -2.30. The van der Waals surface area contributed by atoms with Crippen LogP contribution in [-0.4, -0.2) is 78.9 Å². The van der Waals surface area contributed by atoms with Crippen LogP contribution in [0.3, 0.4) is 0 Å². The maximum atomic E-state index is 13.5. The van der Waals surface area contributed by atoms with Gasteiger partial charge in [-0.15, -0.1) is 15.0 Å². The fourth-order valence-electron chi connectivity index (χ4n) is 4.27. The Kier molecular flexibility index (Phi) is 13.9. The van der Waals surface area contributed by atoms with Gasteiger partial charge >= 0.3 is 11.9 Å². The molecule has 1 aromatic carbocycles. The molecule has 13 nitrogen and oxygen atoms in total. The molecule has 0 aromatic heterocycles. The third-order valence-corrected chi connectivity index (χ3v) is 6.20. The van der Waals surface area contributed by atoms with E-state index in [1.165, 1.54) is 4.90 Å². The highest BCUT2D eigenvalue weighted by Crippen LogP contribution is 2.21. The lowest BCUT2D eigenvalue weighted by molar-refractivity contribution is -0.758. The zero-order chi connectivity index (χ0) is 27.8. The summed E-state index contributed by atoms with van der Waals surface area (Å²) in [7, 11) is 0. The second-order valence-corrected chi connectivity index (χ2v) is 8.89. The van der Waals surface area contributed by atoms with E-state index in [2.05, 4.69) is 15.3 Å². The molecule has 0 aliphatic carbocycles. The number of rotatable bonds is 18. The van der Waals surface area contributed by atoms with E-state index in [9.17, 15) is 29.4 Å². The van der Waals surface area contributed by atoms with Crippen LogP contribution in [0.25, 0.3) is 0 Å². The van der Waals surface area contributed by atoms with E-state index in [-0.39, 0.29) is 32.3 Å². The van der Waals surface area contributed by atoms with E-state index in [0.717, 1.165) is 12.0 Å². The predicted octanol–water partition coefficient (Wildman–Crippen LogP) is 2.19. The first kappa shape index (κ1) is 30.8. The van der Waals surface area contributed by atoms with Gasteiger partial charge in [-0.05, 0) is 37.7 Å². The zero-order valence-electron chi connectivity index (χ0n) is 21.6. The van der Waals surface area contributed by atoms with Crippen LogP contribution in [0.1, 0.15) is 51.0 Å². The van der Waals surface area contributed by atoms with E-state index < -0.39 is 35.1 Å². The number of nitrogens with zero attached hydrogens (tertiary/aromatic N) is 3. The number of unbranched alkanes of at least 4 members (excludes halogenated alkanes) is 1. The Balaban J connectivity index is 1.97. The monoisotopic (exact) mass is 536 g/mol. The average Bonchev–Trinajstić information content (AvgIpc) is 3.42. The van der Waals surface area contributed by atoms with Crippen LogP contribution in [0, 0.1) is 15.0 Å². The van der Waals surface area contributed by atoms with E-state index in [4.69, 9.17) is 9.47 Å². The Morgan fingerprint density at radius 2 is 1.87 bits per heavy atom. The molecule has 3 unspecified atom stereocenters. The number of amides is 2. The number of benzene rings is 1. The maximum absolute atomic E-state index is 13.5. The summed E-state index contributed by atoms with van der Waals surface area (Å²) in [5.41, 5.74) is 0.992. The van der Waals surface area contributed by atoms with Crippen LogP contribution in [0.15, 0.2) is 35.5 Å². The Hall–Kier alpha value is -3.45. The fraction of sp³-hybridized carbons (Fsp3) is 0.640. The van der Waals surface area contributed by atoms with Gasteiger partial charge in [-0.2, -0.15) is 0 Å². The minimum absolute atomic E-state index is 0.0259. The smallest absolute Gasteiger partial charge is 0.328 e. The molecule has 1 heterocycles. The zero-order valence-corrected chi connectivity index (χ0v) is 21.6. The molecule has 1 fully saturated rings. The van der Waals surface area contributed by atoms with Crippen molar-refractivity contribution in [2.24, 2.45) is 5.18 Å². The Morgan fingerprint density at radius 1 is 1.13 bits per heavy atom. The second kappa shape index (κ2) is 17.1. The molecule has 2 amide bonds. The SMILES string of the molecule is CCCCC(NC(CCc1ccccc1)C(=O)N=O)C(=O)N1CCCC1C(=O)OCCOCCO[N+](=O)[O-]. The summed E-state index contributed by atoms with van der Waals surface area (Å²) in [6.45, 7) is 2.04. The molecule has 1 aliphatic rings. The van der Waals surface area contributed by atoms with Crippen LogP contribution in [0.5, 0.6) is 0 Å². The number of nitrogens with one attached hydrogen (secondary N) is 1. The molecule has 1 saturated heterocycles. The molecular formula is C25H36N4O9. The lowest BCUT2D eigenvalue weighted by atomic mass is 10.0. The molecule has 2 rings (SSSR count). The number of aryl methyl sites for hydroxylation is 1. The average molecular weight is 537 g/mol. The number of hydrogen-bond acceptors (Lipinski definition) is 10. The van der Waals surface area contributed by atoms with Gasteiger partial charge in [-0.3, -0.25) is 14.9 Å². The first-order valence-electron chi connectivity index (χ1n) is 12.9. The van der Waals surface area contributed by atoms with Crippen LogP contribution < -0.4 is 5.32 Å². The molecule has 0 radical (unpaired) electrons. The summed E-state index contributed by atoms with van der Waals surface area (Å²) in [5.74, 6) is -1.76. The standard InChI is InChI=1S/C25H36N4O9/c1-2-3-10-21(26-20(23(30)27-33)13-12-19-8-5-4-6-9-19)24(31)28-14-7-11-22(28)25(32)37-17-15-36-16-18-38-29(34)35/h4-6,8-9,20-22,26H,2-3,7,10-18H2,1H3. The van der Waals surface area contributed by atoms with E-state index in [0.29, 0.717) is 45.1 Å². The Labute approximate surface area is 221 Å². The third kappa shape index (κ3) is 10.5. The molecule has 38 heavy (non-hydrogen) atoms. The predicted molar refractivity (Wildman–Crippen MR) is 135 cm³/mol. The van der Waals surface area contributed by atoms with Gasteiger partial charge in [0, 0.05) is 11.7 Å². The topological polar surface area (TPSA) is 167 Å². The molecule has 1 aromatic rings. The van der Waals surface area contributed by atoms with Gasteiger partial charge in [0.05, 0.1) is 25.3 Å². The van der Waals surface area contributed by atoms with Crippen LogP contribution >= 0.6 is 0 Å². The summed E-state index contributed by atoms with van der Waals surface area (Å²) in [5, 5.41) is 14.8. The number of nitroso groups, excluding NO2 is 1. The molecular weight excluding hydrogens is 500 g/mol. The molecule has 0 saturated carbocycles. The van der Waals surface area contributed by atoms with Crippen molar-refractivity contribution in [1.82, 2.24) is 10.2 Å². The first-order chi connectivity index (χ1) is 18.4. The minimum atomic E-state index is -0.928. The molecule has 210 valence electrons. The highest BCUT2D eigenvalue weighted by atomic mass is 17.0. The van der Waals surface area contributed by atoms with Crippen molar-refractivity contribution in [2.75, 3.05) is 33.0 Å². The van der Waals surface area contributed by atoms with Crippen molar-refractivity contribution >= 4 is 17.8 Å². The highest BCUT2D eigenvalue weighted by Gasteiger charge is 2.39. The minimum Gasteiger partial charge on any atom is -0.462 e. The Bertz CT molecular complexity index is 915. The van der Waals surface area contributed by atoms with Crippen LogP contribution in [0.4, 0.5) is 0 Å². The van der Waals surface area contributed by atoms with Crippen LogP contribution in [0.2, 0.25) is 0 Å². The summed E-state index contributed by atoms with van der Waals surface area (Å²) >= 11 is 0. The van der Waals surface area contributed by atoms with E-state index in [1.807, 2.05) is 37.3 Å². The van der Waals surface area contributed by atoms with Crippen molar-refractivity contribution in [3.63, 3.8) is 0 Å². The lowest BCUT2D eigenvalue weighted by Crippen LogP contribution is -2.54. The number of esters is 1. The van der Waals surface area contributed by atoms with Crippen molar-refractivity contribution in [2.45, 2.75) is 70.0 Å². The van der Waals surface area contributed by atoms with Crippen molar-refractivity contribution in [3.8, 4) is 0 Å². The summed E-state index contributed by atoms with van der Waals surface area (Å²) in [6.07, 6.45) is 3.83. The van der Waals surface area contributed by atoms with Crippen molar-refractivity contribution in [1.29, 1.82) is 0 Å².